The third-order valence-electron chi connectivity index (χ3n) is 2.03. The van der Waals surface area contributed by atoms with Crippen LogP contribution in [0.15, 0.2) is 23.6 Å². The highest BCUT2D eigenvalue weighted by atomic mass is 35.5. The number of rotatable bonds is 3. The van der Waals surface area contributed by atoms with Crippen LogP contribution in [0.2, 0.25) is 10.0 Å². The van der Waals surface area contributed by atoms with Gasteiger partial charge in [0.2, 0.25) is 0 Å². The van der Waals surface area contributed by atoms with E-state index in [2.05, 4.69) is 9.59 Å². The van der Waals surface area contributed by atoms with E-state index < -0.39 is 0 Å². The van der Waals surface area contributed by atoms with Crippen LogP contribution in [0.4, 0.5) is 0 Å². The maximum atomic E-state index is 11.7. The first kappa shape index (κ1) is 11.5. The summed E-state index contributed by atoms with van der Waals surface area (Å²) in [5, 5.41) is 6.18. The van der Waals surface area contributed by atoms with Gasteiger partial charge in [-0.2, -0.15) is 0 Å². The Morgan fingerprint density at radius 2 is 2.19 bits per heavy atom. The second-order valence-electron chi connectivity index (χ2n) is 3.10. The van der Waals surface area contributed by atoms with Crippen molar-refractivity contribution in [2.24, 2.45) is 0 Å². The Labute approximate surface area is 106 Å². The van der Waals surface area contributed by atoms with Crippen LogP contribution >= 0.6 is 34.7 Å². The van der Waals surface area contributed by atoms with E-state index >= 15 is 0 Å². The average Bonchev–Trinajstić information content (AvgIpc) is 2.78. The monoisotopic (exact) mass is 272 g/mol. The van der Waals surface area contributed by atoms with Gasteiger partial charge >= 0.3 is 0 Å². The van der Waals surface area contributed by atoms with E-state index in [4.69, 9.17) is 23.2 Å². The van der Waals surface area contributed by atoms with Crippen LogP contribution in [0.5, 0.6) is 0 Å². The van der Waals surface area contributed by atoms with Crippen molar-refractivity contribution in [2.75, 3.05) is 0 Å². The predicted molar refractivity (Wildman–Crippen MR) is 64.4 cm³/mol. The molecule has 3 nitrogen and oxygen atoms in total. The lowest BCUT2D eigenvalue weighted by molar-refractivity contribution is 0.0988. The van der Waals surface area contributed by atoms with Crippen LogP contribution in [0, 0.1) is 0 Å². The largest absolute Gasteiger partial charge is 0.292 e. The van der Waals surface area contributed by atoms with Gasteiger partial charge in [0.25, 0.3) is 0 Å². The van der Waals surface area contributed by atoms with Crippen molar-refractivity contribution in [3.05, 3.63) is 44.9 Å². The lowest BCUT2D eigenvalue weighted by Crippen LogP contribution is -2.04. The second-order valence-corrected chi connectivity index (χ2v) is 4.50. The summed E-state index contributed by atoms with van der Waals surface area (Å²) >= 11 is 13.0. The number of Topliss-reactive ketones (excluding diaryl/α,β-unsaturated/α-hetero) is 1. The summed E-state index contributed by atoms with van der Waals surface area (Å²) in [5.74, 6) is -0.113. The Morgan fingerprint density at radius 1 is 1.38 bits per heavy atom. The van der Waals surface area contributed by atoms with E-state index in [0.717, 1.165) is 11.5 Å². The summed E-state index contributed by atoms with van der Waals surface area (Å²) in [4.78, 5) is 11.7. The minimum atomic E-state index is -0.113. The molecule has 6 heteroatoms. The zero-order chi connectivity index (χ0) is 11.5. The van der Waals surface area contributed by atoms with E-state index in [1.54, 1.807) is 23.6 Å². The summed E-state index contributed by atoms with van der Waals surface area (Å²) in [6.45, 7) is 0. The fraction of sp³-hybridized carbons (Fsp3) is 0.100. The Balaban J connectivity index is 2.22. The predicted octanol–water partition coefficient (Wildman–Crippen LogP) is 3.27. The van der Waals surface area contributed by atoms with E-state index in [1.807, 2.05) is 0 Å². The Morgan fingerprint density at radius 3 is 2.88 bits per heavy atom. The molecule has 0 N–H and O–H groups in total. The van der Waals surface area contributed by atoms with Crippen LogP contribution in [-0.2, 0) is 6.42 Å². The van der Waals surface area contributed by atoms with Gasteiger partial charge < -0.3 is 0 Å². The van der Waals surface area contributed by atoms with Gasteiger partial charge in [-0.3, -0.25) is 4.79 Å². The summed E-state index contributed by atoms with van der Waals surface area (Å²) in [5.41, 5.74) is 1.06. The van der Waals surface area contributed by atoms with E-state index in [9.17, 15) is 4.79 Å². The van der Waals surface area contributed by atoms with Crippen molar-refractivity contribution in [1.82, 2.24) is 9.59 Å². The minimum absolute atomic E-state index is 0.113. The fourth-order valence-electron chi connectivity index (χ4n) is 1.23. The fourth-order valence-corrected chi connectivity index (χ4v) is 2.08. The van der Waals surface area contributed by atoms with Gasteiger partial charge in [0.1, 0.15) is 5.69 Å². The Hall–Kier alpha value is -0.970. The summed E-state index contributed by atoms with van der Waals surface area (Å²) in [6.07, 6.45) is 0.185. The Bertz CT molecular complexity index is 514. The van der Waals surface area contributed by atoms with Crippen molar-refractivity contribution in [3.8, 4) is 0 Å². The van der Waals surface area contributed by atoms with Crippen molar-refractivity contribution in [3.63, 3.8) is 0 Å². The maximum absolute atomic E-state index is 11.7. The summed E-state index contributed by atoms with van der Waals surface area (Å²) in [7, 11) is 0. The molecule has 1 aromatic carbocycles. The number of aromatic nitrogens is 2. The third-order valence-corrected chi connectivity index (χ3v) is 3.39. The van der Waals surface area contributed by atoms with Crippen LogP contribution in [0.3, 0.4) is 0 Å². The molecule has 0 aliphatic carbocycles. The number of benzene rings is 1. The molecule has 16 heavy (non-hydrogen) atoms. The number of ketones is 1. The molecule has 2 aromatic rings. The third kappa shape index (κ3) is 2.40. The van der Waals surface area contributed by atoms with Crippen molar-refractivity contribution in [2.45, 2.75) is 6.42 Å². The molecule has 0 fully saturated rings. The molecule has 0 bridgehead atoms. The lowest BCUT2D eigenvalue weighted by atomic mass is 10.1. The molecule has 0 saturated heterocycles. The van der Waals surface area contributed by atoms with Crippen LogP contribution in [-0.4, -0.2) is 15.4 Å². The van der Waals surface area contributed by atoms with Gasteiger partial charge in [-0.05, 0) is 23.2 Å². The van der Waals surface area contributed by atoms with Gasteiger partial charge in [-0.1, -0.05) is 39.8 Å². The summed E-state index contributed by atoms with van der Waals surface area (Å²) < 4.78 is 3.64. The number of nitrogens with zero attached hydrogens (tertiary/aromatic N) is 2. The number of carbonyl (C=O) groups is 1. The number of hydrogen-bond donors (Lipinski definition) is 0. The number of carbonyl (C=O) groups excluding carboxylic acids is 1. The van der Waals surface area contributed by atoms with Crippen molar-refractivity contribution >= 4 is 40.5 Å². The average molecular weight is 273 g/mol. The molecule has 82 valence electrons. The molecule has 0 saturated carbocycles. The molecule has 0 aliphatic heterocycles. The molecule has 2 rings (SSSR count). The van der Waals surface area contributed by atoms with Gasteiger partial charge in [0, 0.05) is 11.8 Å². The normalized spacial score (nSPS) is 10.4. The van der Waals surface area contributed by atoms with Crippen LogP contribution < -0.4 is 0 Å². The summed E-state index contributed by atoms with van der Waals surface area (Å²) in [6, 6.07) is 5.21. The maximum Gasteiger partial charge on any atom is 0.188 e. The highest BCUT2D eigenvalue weighted by molar-refractivity contribution is 7.03. The quantitative estimate of drug-likeness (QED) is 0.806. The Kier molecular flexibility index (Phi) is 3.53. The highest BCUT2D eigenvalue weighted by Crippen LogP contribution is 2.26. The van der Waals surface area contributed by atoms with E-state index in [0.29, 0.717) is 21.3 Å². The topological polar surface area (TPSA) is 42.9 Å². The van der Waals surface area contributed by atoms with Crippen molar-refractivity contribution < 1.29 is 4.79 Å². The number of hydrogen-bond acceptors (Lipinski definition) is 4. The van der Waals surface area contributed by atoms with Gasteiger partial charge in [-0.25, -0.2) is 0 Å². The smallest absolute Gasteiger partial charge is 0.188 e. The first-order chi connectivity index (χ1) is 7.68. The van der Waals surface area contributed by atoms with Crippen LogP contribution in [0.25, 0.3) is 0 Å². The first-order valence-corrected chi connectivity index (χ1v) is 6.01. The molecule has 0 radical (unpaired) electrons. The molecule has 0 atom stereocenters. The minimum Gasteiger partial charge on any atom is -0.292 e. The lowest BCUT2D eigenvalue weighted by Gasteiger charge is -2.03. The zero-order valence-corrected chi connectivity index (χ0v) is 10.3. The van der Waals surface area contributed by atoms with Gasteiger partial charge in [0.05, 0.1) is 10.0 Å². The molecule has 0 aliphatic rings. The first-order valence-electron chi connectivity index (χ1n) is 4.41. The zero-order valence-electron chi connectivity index (χ0n) is 7.98. The molecule has 0 unspecified atom stereocenters. The molecular formula is C10H6Cl2N2OS. The number of halogens is 2. The second kappa shape index (κ2) is 4.91. The molecule has 1 aromatic heterocycles. The van der Waals surface area contributed by atoms with Crippen molar-refractivity contribution in [1.29, 1.82) is 0 Å². The highest BCUT2D eigenvalue weighted by Gasteiger charge is 2.13. The van der Waals surface area contributed by atoms with Crippen LogP contribution in [0.1, 0.15) is 16.1 Å². The standard InChI is InChI=1S/C10H6Cl2N2OS/c11-7-3-1-2-6(10(7)12)4-9(15)8-5-16-14-13-8/h1-3,5H,4H2. The SMILES string of the molecule is O=C(Cc1cccc(Cl)c1Cl)c1csnn1. The molecule has 1 heterocycles. The molecule has 0 spiro atoms. The van der Waals surface area contributed by atoms with Gasteiger partial charge in [-0.15, -0.1) is 5.10 Å². The van der Waals surface area contributed by atoms with Gasteiger partial charge in [0.15, 0.2) is 5.78 Å². The molecular weight excluding hydrogens is 267 g/mol. The van der Waals surface area contributed by atoms with E-state index in [-0.39, 0.29) is 12.2 Å². The molecule has 0 amide bonds. The van der Waals surface area contributed by atoms with E-state index in [1.165, 1.54) is 0 Å².